The molecule has 5 N–H and O–H groups in total. The summed E-state index contributed by atoms with van der Waals surface area (Å²) in [5, 5.41) is 35.1. The lowest BCUT2D eigenvalue weighted by molar-refractivity contribution is -0.120. The maximum atomic E-state index is 11.7. The molecule has 2 unspecified atom stereocenters. The van der Waals surface area contributed by atoms with Gasteiger partial charge in [-0.05, 0) is 62.6 Å². The standard InChI is InChI=1S/C31H38N12OS/c1-17(12-32)36-25-11-26(27-10-9-21-13-35-30(41-43(21)27)38-24-6-4-3-5-23(24)33)34-14-22(25)29-39-40-31(45-29)42-15-19-7-8-20(16-42)28(19)37-18(2)44/h9-11,13-14,17,19-20,23-24,28H,3-8,15-16,33H2,1-2H3,(H,34,36)(H,37,44)(H,38,41)/t17-,19?,20?,23+,24-,28?/m1/s1. The summed E-state index contributed by atoms with van der Waals surface area (Å²) in [7, 11) is 0. The number of anilines is 3. The van der Waals surface area contributed by atoms with Crippen LogP contribution >= 0.6 is 11.3 Å². The monoisotopic (exact) mass is 626 g/mol. The molecule has 1 aliphatic heterocycles. The molecule has 2 saturated carbocycles. The van der Waals surface area contributed by atoms with Crippen molar-refractivity contribution in [3.05, 3.63) is 30.6 Å². The van der Waals surface area contributed by atoms with Gasteiger partial charge >= 0.3 is 0 Å². The van der Waals surface area contributed by atoms with Gasteiger partial charge in [-0.1, -0.05) is 24.2 Å². The van der Waals surface area contributed by atoms with Gasteiger partial charge in [0.2, 0.25) is 17.0 Å². The first-order valence-corrected chi connectivity index (χ1v) is 16.6. The second-order valence-electron chi connectivity index (χ2n) is 12.6. The van der Waals surface area contributed by atoms with E-state index in [1.807, 2.05) is 29.6 Å². The van der Waals surface area contributed by atoms with Crippen molar-refractivity contribution in [3.63, 3.8) is 0 Å². The molecule has 0 radical (unpaired) electrons. The van der Waals surface area contributed by atoms with Gasteiger partial charge in [0.25, 0.3) is 0 Å². The van der Waals surface area contributed by atoms with Crippen LogP contribution in [0.15, 0.2) is 30.6 Å². The largest absolute Gasteiger partial charge is 0.369 e. The van der Waals surface area contributed by atoms with Gasteiger partial charge in [0.1, 0.15) is 6.04 Å². The Kier molecular flexibility index (Phi) is 7.97. The highest BCUT2D eigenvalue weighted by atomic mass is 32.1. The van der Waals surface area contributed by atoms with Crippen LogP contribution in [0.4, 0.5) is 16.8 Å². The van der Waals surface area contributed by atoms with Gasteiger partial charge in [-0.3, -0.25) is 9.78 Å². The van der Waals surface area contributed by atoms with Gasteiger partial charge in [0.05, 0.1) is 34.7 Å². The zero-order chi connectivity index (χ0) is 31.1. The average Bonchev–Trinajstić information content (AvgIpc) is 3.74. The van der Waals surface area contributed by atoms with Crippen LogP contribution in [0.3, 0.4) is 0 Å². The first-order valence-electron chi connectivity index (χ1n) is 15.8. The van der Waals surface area contributed by atoms with Crippen molar-refractivity contribution in [2.45, 2.75) is 76.5 Å². The molecular weight excluding hydrogens is 588 g/mol. The molecule has 3 fully saturated rings. The third-order valence-corrected chi connectivity index (χ3v) is 10.4. The molecule has 5 atom stereocenters. The highest BCUT2D eigenvalue weighted by Crippen LogP contribution is 2.41. The number of nitrogens with one attached hydrogen (secondary N) is 3. The van der Waals surface area contributed by atoms with Gasteiger partial charge < -0.3 is 26.6 Å². The summed E-state index contributed by atoms with van der Waals surface area (Å²) in [5.41, 5.74) is 10.2. The Morgan fingerprint density at radius 1 is 1.11 bits per heavy atom. The lowest BCUT2D eigenvalue weighted by Crippen LogP contribution is -2.52. The molecule has 5 heterocycles. The number of nitrogens with zero attached hydrogens (tertiary/aromatic N) is 8. The van der Waals surface area contributed by atoms with Crippen LogP contribution in [0.2, 0.25) is 0 Å². The SMILES string of the molecule is CC(=O)NC1C2CCC1CN(c1nnc(-c3cnc(-c4ccc5cnc(N[C@@H]6CCCC[C@@H]6N)nn45)cc3N[C@H](C)C#N)s1)C2. The lowest BCUT2D eigenvalue weighted by atomic mass is 9.91. The summed E-state index contributed by atoms with van der Waals surface area (Å²) in [6.07, 6.45) is 10.1. The van der Waals surface area contributed by atoms with E-state index >= 15 is 0 Å². The second-order valence-corrected chi connectivity index (χ2v) is 13.5. The number of pyridine rings is 1. The zero-order valence-corrected chi connectivity index (χ0v) is 26.3. The number of carbonyl (C=O) groups excluding carboxylic acids is 1. The van der Waals surface area contributed by atoms with Gasteiger partial charge in [-0.25, -0.2) is 9.50 Å². The quantitative estimate of drug-likeness (QED) is 0.225. The summed E-state index contributed by atoms with van der Waals surface area (Å²) in [4.78, 5) is 23.4. The maximum Gasteiger partial charge on any atom is 0.241 e. The predicted octanol–water partition coefficient (Wildman–Crippen LogP) is 3.67. The van der Waals surface area contributed by atoms with E-state index in [9.17, 15) is 10.1 Å². The molecule has 0 spiro atoms. The number of carbonyl (C=O) groups is 1. The topological polar surface area (TPSA) is 175 Å². The van der Waals surface area contributed by atoms with E-state index in [0.717, 1.165) is 84.2 Å². The minimum atomic E-state index is -0.434. The van der Waals surface area contributed by atoms with E-state index in [2.05, 4.69) is 42.1 Å². The number of rotatable bonds is 8. The van der Waals surface area contributed by atoms with Crippen molar-refractivity contribution < 1.29 is 4.79 Å². The third-order valence-electron chi connectivity index (χ3n) is 9.38. The fourth-order valence-electron chi connectivity index (χ4n) is 7.12. The Balaban J connectivity index is 1.16. The van der Waals surface area contributed by atoms with Gasteiger partial charge in [0, 0.05) is 50.0 Å². The Morgan fingerprint density at radius 2 is 1.91 bits per heavy atom. The van der Waals surface area contributed by atoms with E-state index in [4.69, 9.17) is 15.8 Å². The predicted molar refractivity (Wildman–Crippen MR) is 174 cm³/mol. The Labute approximate surface area is 265 Å². The number of hydrogen-bond donors (Lipinski definition) is 4. The fourth-order valence-corrected chi connectivity index (χ4v) is 8.01. The summed E-state index contributed by atoms with van der Waals surface area (Å²) in [5.74, 6) is 1.38. The molecule has 2 aliphatic carbocycles. The molecule has 0 aromatic carbocycles. The van der Waals surface area contributed by atoms with Crippen LogP contribution in [-0.4, -0.2) is 72.9 Å². The molecular formula is C31H38N12OS. The van der Waals surface area contributed by atoms with Crippen LogP contribution in [-0.2, 0) is 4.79 Å². The lowest BCUT2D eigenvalue weighted by Gasteiger charge is -2.37. The van der Waals surface area contributed by atoms with Gasteiger partial charge in [-0.15, -0.1) is 15.3 Å². The van der Waals surface area contributed by atoms with Crippen molar-refractivity contribution >= 4 is 39.5 Å². The van der Waals surface area contributed by atoms with Crippen molar-refractivity contribution in [2.24, 2.45) is 17.6 Å². The second kappa shape index (κ2) is 12.2. The zero-order valence-electron chi connectivity index (χ0n) is 25.5. The smallest absolute Gasteiger partial charge is 0.241 e. The van der Waals surface area contributed by atoms with Crippen molar-refractivity contribution in [1.29, 1.82) is 5.26 Å². The number of nitrogens with two attached hydrogens (primary N) is 1. The molecule has 1 saturated heterocycles. The number of fused-ring (bicyclic) bond motifs is 3. The van der Waals surface area contributed by atoms with Gasteiger partial charge in [0.15, 0.2) is 5.01 Å². The van der Waals surface area contributed by atoms with Crippen LogP contribution in [0.25, 0.3) is 27.5 Å². The molecule has 4 aromatic heterocycles. The number of nitriles is 1. The molecule has 45 heavy (non-hydrogen) atoms. The van der Waals surface area contributed by atoms with E-state index in [-0.39, 0.29) is 24.0 Å². The Hall–Kier alpha value is -4.35. The van der Waals surface area contributed by atoms with Crippen molar-refractivity contribution in [2.75, 3.05) is 28.6 Å². The van der Waals surface area contributed by atoms with Crippen molar-refractivity contribution in [1.82, 2.24) is 35.1 Å². The van der Waals surface area contributed by atoms with Crippen LogP contribution in [0, 0.1) is 23.2 Å². The molecule has 234 valence electrons. The summed E-state index contributed by atoms with van der Waals surface area (Å²) >= 11 is 1.52. The fraction of sp³-hybridized carbons (Fsp3) is 0.516. The Bertz CT molecular complexity index is 1730. The molecule has 4 aromatic rings. The molecule has 1 amide bonds. The maximum absolute atomic E-state index is 11.7. The van der Waals surface area contributed by atoms with Crippen LogP contribution in [0.1, 0.15) is 52.4 Å². The number of amides is 1. The number of piperidine rings is 1. The average molecular weight is 627 g/mol. The Morgan fingerprint density at radius 3 is 2.67 bits per heavy atom. The van der Waals surface area contributed by atoms with Crippen LogP contribution in [0.5, 0.6) is 0 Å². The van der Waals surface area contributed by atoms with Gasteiger partial charge in [-0.2, -0.15) is 5.26 Å². The molecule has 3 aliphatic rings. The molecule has 7 rings (SSSR count). The third kappa shape index (κ3) is 5.89. The van der Waals surface area contributed by atoms with E-state index in [1.165, 1.54) is 11.3 Å². The van der Waals surface area contributed by atoms with E-state index in [1.54, 1.807) is 19.3 Å². The highest BCUT2D eigenvalue weighted by molar-refractivity contribution is 7.18. The van der Waals surface area contributed by atoms with Crippen molar-refractivity contribution in [3.8, 4) is 28.0 Å². The number of aromatic nitrogens is 6. The minimum absolute atomic E-state index is 0.0352. The minimum Gasteiger partial charge on any atom is -0.369 e. The molecule has 13 nitrogen and oxygen atoms in total. The molecule has 2 bridgehead atoms. The number of hydrogen-bond acceptors (Lipinski definition) is 12. The highest BCUT2D eigenvalue weighted by Gasteiger charge is 2.43. The first kappa shape index (κ1) is 29.4. The summed E-state index contributed by atoms with van der Waals surface area (Å²) in [6, 6.07) is 8.18. The van der Waals surface area contributed by atoms with Crippen LogP contribution < -0.4 is 26.6 Å². The normalized spacial score (nSPS) is 25.1. The summed E-state index contributed by atoms with van der Waals surface area (Å²) < 4.78 is 1.84. The first-order chi connectivity index (χ1) is 21.9. The van der Waals surface area contributed by atoms with E-state index < -0.39 is 6.04 Å². The summed E-state index contributed by atoms with van der Waals surface area (Å²) in [6.45, 7) is 5.10. The van der Waals surface area contributed by atoms with E-state index in [0.29, 0.717) is 23.5 Å². The molecule has 14 heteroatoms.